The molecule has 0 spiro atoms. The first-order valence-corrected chi connectivity index (χ1v) is 8.96. The molecule has 0 unspecified atom stereocenters. The van der Waals surface area contributed by atoms with Crippen molar-refractivity contribution in [3.05, 3.63) is 36.5 Å². The van der Waals surface area contributed by atoms with Crippen LogP contribution in [0.4, 0.5) is 0 Å². The van der Waals surface area contributed by atoms with Crippen molar-refractivity contribution >= 4 is 11.6 Å². The van der Waals surface area contributed by atoms with E-state index >= 15 is 0 Å². The van der Waals surface area contributed by atoms with E-state index in [9.17, 15) is 0 Å². The highest BCUT2D eigenvalue weighted by molar-refractivity contribution is 6.17. The largest absolute Gasteiger partial charge is 0.127 e. The Bertz CT molecular complexity index is 250. The van der Waals surface area contributed by atoms with E-state index in [1.165, 1.54) is 57.8 Å². The van der Waals surface area contributed by atoms with Crippen molar-refractivity contribution in [1.82, 2.24) is 0 Å². The minimum Gasteiger partial charge on any atom is -0.127 e. The van der Waals surface area contributed by atoms with Gasteiger partial charge in [0, 0.05) is 5.88 Å². The SMILES string of the molecule is CCCCCC=CCC=CCC=CCCCCCCCl. The minimum atomic E-state index is 0.813. The van der Waals surface area contributed by atoms with Crippen LogP contribution in [0.2, 0.25) is 0 Å². The average Bonchev–Trinajstić information content (AvgIpc) is 2.47. The molecule has 0 aliphatic heterocycles. The zero-order chi connectivity index (χ0) is 14.7. The monoisotopic (exact) mass is 296 g/mol. The van der Waals surface area contributed by atoms with Gasteiger partial charge in [0.25, 0.3) is 0 Å². The van der Waals surface area contributed by atoms with E-state index < -0.39 is 0 Å². The van der Waals surface area contributed by atoms with Gasteiger partial charge in [-0.15, -0.1) is 11.6 Å². The van der Waals surface area contributed by atoms with E-state index in [0.29, 0.717) is 0 Å². The minimum absolute atomic E-state index is 0.813. The van der Waals surface area contributed by atoms with Gasteiger partial charge in [-0.1, -0.05) is 69.1 Å². The smallest absolute Gasteiger partial charge is 0.0223 e. The van der Waals surface area contributed by atoms with E-state index in [-0.39, 0.29) is 0 Å². The molecule has 0 saturated carbocycles. The molecule has 0 fully saturated rings. The summed E-state index contributed by atoms with van der Waals surface area (Å²) < 4.78 is 0. The number of allylic oxidation sites excluding steroid dienone is 6. The molecule has 0 aromatic rings. The molecule has 0 saturated heterocycles. The Hall–Kier alpha value is -0.490. The maximum atomic E-state index is 5.64. The second-order valence-electron chi connectivity index (χ2n) is 5.27. The van der Waals surface area contributed by atoms with Gasteiger partial charge in [0.1, 0.15) is 0 Å². The predicted molar refractivity (Wildman–Crippen MR) is 94.6 cm³/mol. The summed E-state index contributed by atoms with van der Waals surface area (Å²) in [6.45, 7) is 2.25. The van der Waals surface area contributed by atoms with E-state index in [2.05, 4.69) is 43.4 Å². The van der Waals surface area contributed by atoms with Crippen LogP contribution in [-0.2, 0) is 0 Å². The molecular weight excluding hydrogens is 264 g/mol. The third-order valence-corrected chi connectivity index (χ3v) is 3.54. The van der Waals surface area contributed by atoms with Gasteiger partial charge in [0.05, 0.1) is 0 Å². The van der Waals surface area contributed by atoms with Gasteiger partial charge in [0.15, 0.2) is 0 Å². The van der Waals surface area contributed by atoms with Crippen LogP contribution >= 0.6 is 11.6 Å². The second kappa shape index (κ2) is 18.5. The van der Waals surface area contributed by atoms with Crippen LogP contribution in [0.15, 0.2) is 36.5 Å². The molecule has 0 rings (SSSR count). The molecule has 0 aliphatic carbocycles. The quantitative estimate of drug-likeness (QED) is 0.180. The van der Waals surface area contributed by atoms with Crippen LogP contribution < -0.4 is 0 Å². The van der Waals surface area contributed by atoms with Crippen LogP contribution in [0.5, 0.6) is 0 Å². The molecule has 0 bridgehead atoms. The lowest BCUT2D eigenvalue weighted by molar-refractivity contribution is 0.676. The Morgan fingerprint density at radius 2 is 1.10 bits per heavy atom. The number of halogens is 1. The summed E-state index contributed by atoms with van der Waals surface area (Å²) >= 11 is 5.64. The van der Waals surface area contributed by atoms with Gasteiger partial charge in [-0.05, 0) is 44.9 Å². The third-order valence-electron chi connectivity index (χ3n) is 3.27. The second-order valence-corrected chi connectivity index (χ2v) is 5.65. The van der Waals surface area contributed by atoms with Crippen molar-refractivity contribution < 1.29 is 0 Å². The summed E-state index contributed by atoms with van der Waals surface area (Å²) in [5.41, 5.74) is 0. The number of alkyl halides is 1. The first-order chi connectivity index (χ1) is 9.91. The first-order valence-electron chi connectivity index (χ1n) is 8.42. The molecule has 0 amide bonds. The molecule has 116 valence electrons. The fraction of sp³-hybridized carbons (Fsp3) is 0.684. The summed E-state index contributed by atoms with van der Waals surface area (Å²) in [6.07, 6.45) is 27.4. The van der Waals surface area contributed by atoms with Gasteiger partial charge in [-0.3, -0.25) is 0 Å². The van der Waals surface area contributed by atoms with Crippen molar-refractivity contribution in [2.24, 2.45) is 0 Å². The maximum absolute atomic E-state index is 5.64. The zero-order valence-corrected chi connectivity index (χ0v) is 14.1. The molecule has 0 N–H and O–H groups in total. The fourth-order valence-corrected chi connectivity index (χ4v) is 2.19. The molecule has 0 heterocycles. The Kier molecular flexibility index (Phi) is 18.1. The standard InChI is InChI=1S/C19H33Cl/c1-2-3-4-5-6-7-8-9-10-11-12-13-14-15-16-17-18-19-20/h6-7,9-10,12-13H,2-5,8,11,14-19H2,1H3. The van der Waals surface area contributed by atoms with Gasteiger partial charge < -0.3 is 0 Å². The lowest BCUT2D eigenvalue weighted by atomic mass is 10.1. The molecule has 20 heavy (non-hydrogen) atoms. The van der Waals surface area contributed by atoms with E-state index in [1.807, 2.05) is 0 Å². The van der Waals surface area contributed by atoms with E-state index in [1.54, 1.807) is 0 Å². The van der Waals surface area contributed by atoms with Crippen molar-refractivity contribution in [2.45, 2.75) is 77.6 Å². The number of hydrogen-bond donors (Lipinski definition) is 0. The van der Waals surface area contributed by atoms with Gasteiger partial charge >= 0.3 is 0 Å². The average molecular weight is 297 g/mol. The van der Waals surface area contributed by atoms with Gasteiger partial charge in [-0.25, -0.2) is 0 Å². The Labute approximate surface area is 132 Å². The summed E-state index contributed by atoms with van der Waals surface area (Å²) in [5.74, 6) is 0.813. The first kappa shape index (κ1) is 19.5. The highest BCUT2D eigenvalue weighted by Gasteiger charge is 1.86. The number of rotatable bonds is 14. The van der Waals surface area contributed by atoms with Crippen LogP contribution in [0.25, 0.3) is 0 Å². The van der Waals surface area contributed by atoms with Gasteiger partial charge in [0.2, 0.25) is 0 Å². The number of hydrogen-bond acceptors (Lipinski definition) is 0. The van der Waals surface area contributed by atoms with Crippen molar-refractivity contribution in [3.8, 4) is 0 Å². The highest BCUT2D eigenvalue weighted by Crippen LogP contribution is 2.05. The lowest BCUT2D eigenvalue weighted by Crippen LogP contribution is -1.77. The highest BCUT2D eigenvalue weighted by atomic mass is 35.5. The third kappa shape index (κ3) is 17.5. The van der Waals surface area contributed by atoms with Crippen molar-refractivity contribution in [1.29, 1.82) is 0 Å². The van der Waals surface area contributed by atoms with E-state index in [4.69, 9.17) is 11.6 Å². The van der Waals surface area contributed by atoms with Crippen LogP contribution in [0.1, 0.15) is 77.6 Å². The Morgan fingerprint density at radius 1 is 0.600 bits per heavy atom. The van der Waals surface area contributed by atoms with E-state index in [0.717, 1.165) is 18.7 Å². The van der Waals surface area contributed by atoms with Crippen LogP contribution in [-0.4, -0.2) is 5.88 Å². The lowest BCUT2D eigenvalue weighted by Gasteiger charge is -1.95. The van der Waals surface area contributed by atoms with Crippen molar-refractivity contribution in [2.75, 3.05) is 5.88 Å². The molecular formula is C19H33Cl. The molecule has 1 heteroatoms. The molecule has 0 aromatic carbocycles. The molecule has 0 aromatic heterocycles. The number of unbranched alkanes of at least 4 members (excludes halogenated alkanes) is 7. The summed E-state index contributed by atoms with van der Waals surface area (Å²) in [7, 11) is 0. The van der Waals surface area contributed by atoms with Crippen molar-refractivity contribution in [3.63, 3.8) is 0 Å². The Balaban J connectivity index is 3.25. The molecule has 0 aliphatic rings. The van der Waals surface area contributed by atoms with Gasteiger partial charge in [-0.2, -0.15) is 0 Å². The summed E-state index contributed by atoms with van der Waals surface area (Å²) in [6, 6.07) is 0. The summed E-state index contributed by atoms with van der Waals surface area (Å²) in [4.78, 5) is 0. The molecule has 0 nitrogen and oxygen atoms in total. The normalized spacial score (nSPS) is 12.3. The fourth-order valence-electron chi connectivity index (χ4n) is 2.00. The molecule has 0 atom stereocenters. The summed E-state index contributed by atoms with van der Waals surface area (Å²) in [5, 5.41) is 0. The predicted octanol–water partition coefficient (Wildman–Crippen LogP) is 7.20. The Morgan fingerprint density at radius 3 is 1.65 bits per heavy atom. The molecule has 0 radical (unpaired) electrons. The topological polar surface area (TPSA) is 0 Å². The zero-order valence-electron chi connectivity index (χ0n) is 13.3. The van der Waals surface area contributed by atoms with Crippen LogP contribution in [0, 0.1) is 0 Å². The van der Waals surface area contributed by atoms with Crippen LogP contribution in [0.3, 0.4) is 0 Å². The maximum Gasteiger partial charge on any atom is 0.0223 e.